The zero-order valence-electron chi connectivity index (χ0n) is 18.0. The average molecular weight is 467 g/mol. The van der Waals surface area contributed by atoms with Crippen LogP contribution < -0.4 is 4.74 Å². The number of halogens is 6. The zero-order chi connectivity index (χ0) is 24.3. The molecule has 0 aliphatic carbocycles. The summed E-state index contributed by atoms with van der Waals surface area (Å²) in [5.74, 6) is -8.56. The van der Waals surface area contributed by atoms with Gasteiger partial charge >= 0.3 is 6.11 Å². The van der Waals surface area contributed by atoms with Crippen LogP contribution in [-0.4, -0.2) is 0 Å². The minimum atomic E-state index is -4.54. The van der Waals surface area contributed by atoms with Gasteiger partial charge < -0.3 is 4.74 Å². The summed E-state index contributed by atoms with van der Waals surface area (Å²) in [5.41, 5.74) is -3.11. The minimum Gasteiger partial charge on any atom is -0.429 e. The van der Waals surface area contributed by atoms with Gasteiger partial charge in [0, 0.05) is 11.6 Å². The van der Waals surface area contributed by atoms with Gasteiger partial charge in [-0.15, -0.1) is 0 Å². The van der Waals surface area contributed by atoms with Gasteiger partial charge in [-0.3, -0.25) is 5.11 Å². The Labute approximate surface area is 187 Å². The lowest BCUT2D eigenvalue weighted by molar-refractivity contribution is -0.189. The first-order valence-electron chi connectivity index (χ1n) is 10.4. The molecule has 0 amide bonds. The largest absolute Gasteiger partial charge is 0.432 e. The molecule has 0 N–H and O–H groups in total. The molecule has 0 heterocycles. The van der Waals surface area contributed by atoms with Crippen molar-refractivity contribution in [2.75, 3.05) is 0 Å². The van der Waals surface area contributed by atoms with Gasteiger partial charge in [-0.2, -0.15) is 8.78 Å². The van der Waals surface area contributed by atoms with Crippen molar-refractivity contribution in [2.45, 2.75) is 45.6 Å². The van der Waals surface area contributed by atoms with E-state index in [4.69, 9.17) is 0 Å². The van der Waals surface area contributed by atoms with Crippen LogP contribution in [0.2, 0.25) is 0 Å². The topological polar surface area (TPSA) is 29.1 Å². The Bertz CT molecular complexity index is 1140. The third kappa shape index (κ3) is 4.94. The van der Waals surface area contributed by atoms with E-state index >= 15 is 4.39 Å². The van der Waals surface area contributed by atoms with Gasteiger partial charge in [0.25, 0.3) is 0 Å². The van der Waals surface area contributed by atoms with Crippen LogP contribution in [0.3, 0.4) is 0 Å². The highest BCUT2D eigenvalue weighted by molar-refractivity contribution is 5.73. The van der Waals surface area contributed by atoms with E-state index in [9.17, 15) is 27.1 Å². The molecule has 0 saturated carbocycles. The minimum absolute atomic E-state index is 0.0193. The number of aryl methyl sites for hydroxylation is 2. The third-order valence-electron chi connectivity index (χ3n) is 5.13. The monoisotopic (exact) mass is 467 g/mol. The Morgan fingerprint density at radius 3 is 2.06 bits per heavy atom. The van der Waals surface area contributed by atoms with Crippen molar-refractivity contribution in [3.05, 3.63) is 82.4 Å². The van der Waals surface area contributed by atoms with Gasteiger partial charge in [0.2, 0.25) is 0 Å². The Morgan fingerprint density at radius 2 is 1.45 bits per heavy atom. The summed E-state index contributed by atoms with van der Waals surface area (Å²) in [5, 5.41) is 12.2. The predicted molar refractivity (Wildman–Crippen MR) is 111 cm³/mol. The van der Waals surface area contributed by atoms with Crippen molar-refractivity contribution in [1.82, 2.24) is 0 Å². The van der Waals surface area contributed by atoms with Crippen LogP contribution in [0, 0.1) is 23.3 Å². The molecule has 0 atom stereocenters. The van der Waals surface area contributed by atoms with Gasteiger partial charge in [-0.25, -0.2) is 17.6 Å². The van der Waals surface area contributed by atoms with E-state index in [-0.39, 0.29) is 23.8 Å². The Morgan fingerprint density at radius 1 is 0.818 bits per heavy atom. The summed E-state index contributed by atoms with van der Waals surface area (Å²) in [6, 6.07) is 7.65. The maximum atomic E-state index is 15.1. The highest BCUT2D eigenvalue weighted by Gasteiger charge is 2.43. The Balaban J connectivity index is 2.07. The lowest BCUT2D eigenvalue weighted by Gasteiger charge is -2.21. The van der Waals surface area contributed by atoms with Crippen molar-refractivity contribution in [3.63, 3.8) is 0 Å². The summed E-state index contributed by atoms with van der Waals surface area (Å²) >= 11 is 0. The first-order chi connectivity index (χ1) is 15.6. The molecule has 0 aliphatic rings. The second-order valence-corrected chi connectivity index (χ2v) is 7.58. The second-order valence-electron chi connectivity index (χ2n) is 7.58. The molecule has 3 aromatic carbocycles. The molecule has 1 radical (unpaired) electrons. The average Bonchev–Trinajstić information content (AvgIpc) is 2.74. The van der Waals surface area contributed by atoms with E-state index in [1.807, 2.05) is 6.92 Å². The lowest BCUT2D eigenvalue weighted by atomic mass is 9.97. The smallest absolute Gasteiger partial charge is 0.429 e. The number of hydrogen-bond donors (Lipinski definition) is 0. The normalized spacial score (nSPS) is 11.6. The van der Waals surface area contributed by atoms with E-state index in [1.165, 1.54) is 24.3 Å². The summed E-state index contributed by atoms with van der Waals surface area (Å²) < 4.78 is 92.6. The number of benzene rings is 3. The number of rotatable bonds is 8. The van der Waals surface area contributed by atoms with E-state index in [2.05, 4.69) is 4.74 Å². The molecule has 3 aromatic rings. The van der Waals surface area contributed by atoms with Crippen molar-refractivity contribution >= 4 is 0 Å². The van der Waals surface area contributed by atoms with Gasteiger partial charge in [-0.05, 0) is 36.1 Å². The number of alkyl halides is 2. The fraction of sp³-hybridized carbons (Fsp3) is 0.280. The van der Waals surface area contributed by atoms with Crippen molar-refractivity contribution in [3.8, 4) is 22.6 Å². The molecule has 0 saturated heterocycles. The summed E-state index contributed by atoms with van der Waals surface area (Å²) in [6.07, 6.45) is -2.35. The maximum Gasteiger partial charge on any atom is 0.432 e. The lowest BCUT2D eigenvalue weighted by Crippen LogP contribution is -2.25. The maximum absolute atomic E-state index is 15.1. The third-order valence-corrected chi connectivity index (χ3v) is 5.13. The molecule has 0 unspecified atom stereocenters. The predicted octanol–water partition coefficient (Wildman–Crippen LogP) is 8.09. The van der Waals surface area contributed by atoms with Crippen LogP contribution in [0.5, 0.6) is 11.5 Å². The Kier molecular flexibility index (Phi) is 7.25. The summed E-state index contributed by atoms with van der Waals surface area (Å²) in [6.45, 7) is 3.67. The van der Waals surface area contributed by atoms with Crippen LogP contribution in [-0.2, 0) is 24.1 Å². The molecule has 175 valence electrons. The fourth-order valence-electron chi connectivity index (χ4n) is 3.57. The first kappa shape index (κ1) is 24.5. The van der Waals surface area contributed by atoms with Gasteiger partial charge in [0.15, 0.2) is 23.2 Å². The standard InChI is InChI=1S/C25H21F6O2/c1-3-5-14-7-10-16(11-8-14)33-25(30,31)21-18(26)13-19(32)20(24(21)29)17-12-9-15(6-4-2)22(27)23(17)28/h7-13H,3-6H2,1-2H3. The summed E-state index contributed by atoms with van der Waals surface area (Å²) in [7, 11) is 0. The highest BCUT2D eigenvalue weighted by Crippen LogP contribution is 2.43. The molecular formula is C25H21F6O2. The SMILES string of the molecule is CCCc1ccc(OC(F)(F)c2c(F)cc([O])c(-c3ccc(CCC)c(F)c3F)c2F)cc1. The zero-order valence-corrected chi connectivity index (χ0v) is 18.0. The fourth-order valence-corrected chi connectivity index (χ4v) is 3.57. The molecule has 0 bridgehead atoms. The highest BCUT2D eigenvalue weighted by atomic mass is 19.3. The Hall–Kier alpha value is -3.16. The van der Waals surface area contributed by atoms with Crippen molar-refractivity contribution in [2.24, 2.45) is 0 Å². The molecule has 33 heavy (non-hydrogen) atoms. The van der Waals surface area contributed by atoms with E-state index < -0.39 is 51.8 Å². The van der Waals surface area contributed by atoms with Crippen LogP contribution >= 0.6 is 0 Å². The van der Waals surface area contributed by atoms with E-state index in [0.29, 0.717) is 12.8 Å². The van der Waals surface area contributed by atoms with Gasteiger partial charge in [-0.1, -0.05) is 51.0 Å². The first-order valence-corrected chi connectivity index (χ1v) is 10.4. The van der Waals surface area contributed by atoms with Crippen molar-refractivity contribution in [1.29, 1.82) is 0 Å². The molecule has 0 spiro atoms. The quantitative estimate of drug-likeness (QED) is 0.308. The van der Waals surface area contributed by atoms with Crippen LogP contribution in [0.15, 0.2) is 42.5 Å². The number of hydrogen-bond acceptors (Lipinski definition) is 1. The van der Waals surface area contributed by atoms with Crippen LogP contribution in [0.1, 0.15) is 43.4 Å². The molecule has 0 aliphatic heterocycles. The molecule has 2 nitrogen and oxygen atoms in total. The second kappa shape index (κ2) is 9.77. The van der Waals surface area contributed by atoms with Crippen LogP contribution in [0.4, 0.5) is 26.3 Å². The van der Waals surface area contributed by atoms with Gasteiger partial charge in [0.05, 0.1) is 5.56 Å². The molecule has 3 rings (SSSR count). The van der Waals surface area contributed by atoms with E-state index in [0.717, 1.165) is 24.1 Å². The molecule has 0 aromatic heterocycles. The van der Waals surface area contributed by atoms with Crippen LogP contribution in [0.25, 0.3) is 11.1 Å². The molecular weight excluding hydrogens is 446 g/mol. The molecule has 8 heteroatoms. The van der Waals surface area contributed by atoms with E-state index in [1.54, 1.807) is 6.92 Å². The number of ether oxygens (including phenoxy) is 1. The van der Waals surface area contributed by atoms with Crippen molar-refractivity contribution < 1.29 is 36.2 Å². The van der Waals surface area contributed by atoms with Gasteiger partial charge in [0.1, 0.15) is 17.1 Å². The molecule has 0 fully saturated rings. The summed E-state index contributed by atoms with van der Waals surface area (Å²) in [4.78, 5) is 0.